The van der Waals surface area contributed by atoms with Gasteiger partial charge in [0, 0.05) is 99.5 Å². The summed E-state index contributed by atoms with van der Waals surface area (Å²) in [5.41, 5.74) is 3.62. The summed E-state index contributed by atoms with van der Waals surface area (Å²) in [5, 5.41) is 11.8. The first-order valence-corrected chi connectivity index (χ1v) is 31.0. The van der Waals surface area contributed by atoms with Crippen LogP contribution in [0.15, 0.2) is 85.7 Å². The Morgan fingerprint density at radius 3 is 1.86 bits per heavy atom. The molecule has 438 valence electrons. The first-order valence-electron chi connectivity index (χ1n) is 26.9. The quantitative estimate of drug-likeness (QED) is 0.0124. The van der Waals surface area contributed by atoms with E-state index in [4.69, 9.17) is 21.3 Å². The number of imidazole rings is 2. The molecule has 5 unspecified atom stereocenters. The van der Waals surface area contributed by atoms with Crippen molar-refractivity contribution < 1.29 is 47.0 Å². The fourth-order valence-corrected chi connectivity index (χ4v) is 10.2. The van der Waals surface area contributed by atoms with E-state index < -0.39 is 19.7 Å². The number of nitrogens with zero attached hydrogens (tertiary/aromatic N) is 5. The van der Waals surface area contributed by atoms with Crippen LogP contribution in [0.5, 0.6) is 0 Å². The largest absolute Gasteiger partial charge is 0.472 e. The summed E-state index contributed by atoms with van der Waals surface area (Å²) >= 11 is 8.35. The molecule has 0 fully saturated rings. The maximum Gasteiger partial charge on any atom is 0.472 e. The molecule has 2 aromatic heterocycles. The van der Waals surface area contributed by atoms with Gasteiger partial charge in [-0.2, -0.15) is 0 Å². The third-order valence-corrected chi connectivity index (χ3v) is 16.3. The highest BCUT2D eigenvalue weighted by Crippen LogP contribution is 2.42. The van der Waals surface area contributed by atoms with Gasteiger partial charge in [0.2, 0.25) is 29.5 Å². The number of nitrogens with one attached hydrogen (secondary N) is 5. The molecule has 23 heteroatoms. The molecule has 0 saturated heterocycles. The fourth-order valence-electron chi connectivity index (χ4n) is 8.00. The van der Waals surface area contributed by atoms with Crippen molar-refractivity contribution in [3.8, 4) is 0 Å². The molecule has 4 rings (SSSR count). The number of H-pyrrole nitrogens is 1. The van der Waals surface area contributed by atoms with Gasteiger partial charge in [0.05, 0.1) is 39.8 Å². The van der Waals surface area contributed by atoms with Gasteiger partial charge < -0.3 is 40.5 Å². The number of amides is 4. The van der Waals surface area contributed by atoms with Gasteiger partial charge in [-0.15, -0.1) is 23.5 Å². The smallest absolute Gasteiger partial charge is 0.355 e. The first kappa shape index (κ1) is 68.5. The van der Waals surface area contributed by atoms with E-state index >= 15 is 0 Å². The van der Waals surface area contributed by atoms with Crippen LogP contribution in [0.3, 0.4) is 0 Å². The molecule has 0 aliphatic rings. The van der Waals surface area contributed by atoms with Crippen LogP contribution >= 0.6 is 43.6 Å². The predicted molar refractivity (Wildman–Crippen MR) is 320 cm³/mol. The van der Waals surface area contributed by atoms with Crippen molar-refractivity contribution in [1.82, 2.24) is 45.7 Å². The number of rotatable bonds is 33. The topological polar surface area (TPSA) is 239 Å². The van der Waals surface area contributed by atoms with Crippen molar-refractivity contribution in [2.24, 2.45) is 29.1 Å². The molecule has 6 N–H and O–H groups in total. The minimum absolute atomic E-state index is 0.00421. The Labute approximate surface area is 482 Å². The fraction of sp³-hybridized carbons (Fsp3) is 0.571. The number of aromatic amines is 1. The van der Waals surface area contributed by atoms with E-state index in [1.165, 1.54) is 34.4 Å². The molecule has 0 radical (unpaired) electrons. The molecular weight excluding hydrogens is 1080 g/mol. The molecule has 5 atom stereocenters. The Bertz CT molecular complexity index is 2490. The number of likely N-dealkylation sites (N-methyl/N-ethyl adjacent to an activating group) is 2. The maximum absolute atomic E-state index is 13.4. The van der Waals surface area contributed by atoms with Crippen LogP contribution in [-0.4, -0.2) is 167 Å². The number of quaternary nitrogens is 1. The molecule has 0 spiro atoms. The van der Waals surface area contributed by atoms with Gasteiger partial charge >= 0.3 is 7.82 Å². The zero-order valence-corrected chi connectivity index (χ0v) is 51.4. The Morgan fingerprint density at radius 1 is 0.797 bits per heavy atom. The highest BCUT2D eigenvalue weighted by molar-refractivity contribution is 8.47. The molecule has 0 aliphatic heterocycles. The first-order chi connectivity index (χ1) is 37.4. The molecule has 0 aliphatic carbocycles. The second-order valence-corrected chi connectivity index (χ2v) is 26.4. The lowest BCUT2D eigenvalue weighted by Crippen LogP contribution is -2.40. The average Bonchev–Trinajstić information content (AvgIpc) is 4.10. The Balaban J connectivity index is 0.000000416. The van der Waals surface area contributed by atoms with Crippen LogP contribution in [0.2, 0.25) is 0 Å². The lowest BCUT2D eigenvalue weighted by Gasteiger charge is -2.24. The van der Waals surface area contributed by atoms with Crippen molar-refractivity contribution >= 4 is 76.6 Å². The van der Waals surface area contributed by atoms with Crippen LogP contribution in [0, 0.1) is 29.1 Å². The zero-order chi connectivity index (χ0) is 58.4. The lowest BCUT2D eigenvalue weighted by atomic mass is 9.87. The molecule has 19 nitrogen and oxygen atoms in total. The van der Waals surface area contributed by atoms with E-state index in [-0.39, 0.29) is 66.5 Å². The zero-order valence-electron chi connectivity index (χ0n) is 48.0. The van der Waals surface area contributed by atoms with Crippen LogP contribution < -0.4 is 21.3 Å². The Morgan fingerprint density at radius 2 is 1.33 bits per heavy atom. The number of aromatic nitrogens is 4. The number of hydrogen-bond donors (Lipinski definition) is 6. The van der Waals surface area contributed by atoms with E-state index in [0.29, 0.717) is 87.8 Å². The van der Waals surface area contributed by atoms with Crippen LogP contribution in [0.25, 0.3) is 0 Å². The maximum atomic E-state index is 13.4. The van der Waals surface area contributed by atoms with E-state index in [0.717, 1.165) is 32.6 Å². The van der Waals surface area contributed by atoms with Crippen molar-refractivity contribution in [1.29, 1.82) is 0 Å². The van der Waals surface area contributed by atoms with Gasteiger partial charge in [0.15, 0.2) is 0 Å². The Hall–Kier alpha value is -4.77. The number of benzene rings is 2. The number of phosphoric ester groups is 1. The number of phosphoric acid groups is 1. The van der Waals surface area contributed by atoms with Gasteiger partial charge in [-0.05, 0) is 69.0 Å². The van der Waals surface area contributed by atoms with Gasteiger partial charge in [-0.3, -0.25) is 37.6 Å². The average molecular weight is 1170 g/mol. The SMILES string of the molecule is CCC(CC(Cc1ccccc1)C(=O)NCCOP(=O)(O)OCC[N+](C)(C)C)C(=O)NCCc1cnc[nH]1.CSC(=S)SCC(CC(Cc1ccccc1)C(=O)NCCN(C)C)C(=O)NCCc1cn(C(=O)CC(C)(C)C)cn1. The molecule has 2 heterocycles. The minimum atomic E-state index is -4.21. The van der Waals surface area contributed by atoms with E-state index in [1.807, 2.05) is 135 Å². The number of carbonyl (C=O) groups is 5. The summed E-state index contributed by atoms with van der Waals surface area (Å²) in [6.45, 7) is 10.6. The molecule has 4 amide bonds. The molecule has 2 aromatic carbocycles. The number of hydrogen-bond acceptors (Lipinski definition) is 14. The summed E-state index contributed by atoms with van der Waals surface area (Å²) in [6, 6.07) is 19.5. The monoisotopic (exact) mass is 1170 g/mol. The summed E-state index contributed by atoms with van der Waals surface area (Å²) < 4.78 is 25.0. The van der Waals surface area contributed by atoms with Crippen LogP contribution in [0.1, 0.15) is 80.7 Å². The summed E-state index contributed by atoms with van der Waals surface area (Å²) in [7, 11) is 5.56. The second-order valence-electron chi connectivity index (χ2n) is 21.9. The normalized spacial score (nSPS) is 13.9. The summed E-state index contributed by atoms with van der Waals surface area (Å²) in [5.74, 6) is -1.53. The van der Waals surface area contributed by atoms with E-state index in [9.17, 15) is 33.4 Å². The van der Waals surface area contributed by atoms with E-state index in [1.54, 1.807) is 18.7 Å². The standard InChI is InChI=1S/C30H45N5O3S3.C26H42N5O6P/c1-30(2,3)18-26(36)35-19-25(33-21-35)12-13-31-28(38)24(20-41-29(39)40-6)17-23(16-22-10-8-7-9-11-22)27(37)32-14-15-34(4)5;1-5-22(25(32)28-12-11-24-19-27-20-30-24)18-23(17-21-9-7-6-8-10-21)26(33)29-13-15-36-38(34,35)37-16-14-31(2,3)4/h7-11,19,21,23-24H,12-18,20H2,1-6H3,(H,31,38)(H,32,37);6-10,19-20,22-23H,5,11-18H2,1-4H3,(H3-,27,28,29,30,32,33,34,35)/p+1. The number of thioether (sulfide) groups is 2. The Kier molecular flexibility index (Phi) is 31.1. The molecule has 79 heavy (non-hydrogen) atoms. The predicted octanol–water partition coefficient (Wildman–Crippen LogP) is 6.84. The van der Waals surface area contributed by atoms with Gasteiger partial charge in [0.1, 0.15) is 23.0 Å². The number of thiocarbonyl (C=S) groups is 1. The van der Waals surface area contributed by atoms with Crippen molar-refractivity contribution in [3.05, 3.63) is 108 Å². The molecular formula is C56H88N10O9PS3+. The van der Waals surface area contributed by atoms with Crippen LogP contribution in [-0.2, 0) is 58.5 Å². The highest BCUT2D eigenvalue weighted by atomic mass is 32.2. The van der Waals surface area contributed by atoms with Gasteiger partial charge in [-0.1, -0.05) is 101 Å². The van der Waals surface area contributed by atoms with Gasteiger partial charge in [0.25, 0.3) is 0 Å². The summed E-state index contributed by atoms with van der Waals surface area (Å²) in [6.07, 6.45) is 12.5. The molecule has 4 aromatic rings. The lowest BCUT2D eigenvalue weighted by molar-refractivity contribution is -0.870. The number of carbonyl (C=O) groups excluding carboxylic acids is 5. The van der Waals surface area contributed by atoms with Crippen LogP contribution in [0.4, 0.5) is 0 Å². The third kappa shape index (κ3) is 30.0. The summed E-state index contributed by atoms with van der Waals surface area (Å²) in [4.78, 5) is 88.4. The molecule has 0 saturated carbocycles. The second kappa shape index (κ2) is 35.9. The minimum Gasteiger partial charge on any atom is -0.355 e. The van der Waals surface area contributed by atoms with Crippen molar-refractivity contribution in [3.63, 3.8) is 0 Å². The highest BCUT2D eigenvalue weighted by Gasteiger charge is 2.30. The third-order valence-electron chi connectivity index (χ3n) is 12.4. The van der Waals surface area contributed by atoms with Crippen molar-refractivity contribution in [2.75, 3.05) is 99.7 Å². The van der Waals surface area contributed by atoms with Gasteiger partial charge in [-0.25, -0.2) is 14.5 Å². The van der Waals surface area contributed by atoms with Crippen molar-refractivity contribution in [2.45, 2.75) is 79.1 Å². The van der Waals surface area contributed by atoms with E-state index in [2.05, 4.69) is 36.2 Å². The molecule has 0 bridgehead atoms.